The summed E-state index contributed by atoms with van der Waals surface area (Å²) in [5.41, 5.74) is 1.69. The second-order valence-electron chi connectivity index (χ2n) is 7.62. The van der Waals surface area contributed by atoms with Gasteiger partial charge in [0.1, 0.15) is 5.00 Å². The maximum absolute atomic E-state index is 12.6. The molecule has 1 amide bonds. The highest BCUT2D eigenvalue weighted by molar-refractivity contribution is 7.17. The van der Waals surface area contributed by atoms with E-state index in [1.165, 1.54) is 24.8 Å². The van der Waals surface area contributed by atoms with Crippen molar-refractivity contribution in [3.8, 4) is 0 Å². The Morgan fingerprint density at radius 2 is 1.85 bits per heavy atom. The van der Waals surface area contributed by atoms with Crippen molar-refractivity contribution in [3.05, 3.63) is 16.0 Å². The van der Waals surface area contributed by atoms with Crippen LogP contribution in [-0.4, -0.2) is 43.5 Å². The number of likely N-dealkylation sites (tertiary alicyclic amines) is 1. The summed E-state index contributed by atoms with van der Waals surface area (Å²) in [5.74, 6) is 0.390. The number of carbonyl (C=O) groups excluding carboxylic acids is 2. The lowest BCUT2D eigenvalue weighted by molar-refractivity contribution is -0.117. The number of hydrogen-bond acceptors (Lipinski definition) is 5. The zero-order chi connectivity index (χ0) is 18.5. The SMILES string of the molecule is COC(=O)c1c(NC(=O)CN2CCC(C)CC2)sc2c1CCCCCC2. The molecule has 5 nitrogen and oxygen atoms in total. The molecule has 144 valence electrons. The van der Waals surface area contributed by atoms with Crippen LogP contribution in [0.2, 0.25) is 0 Å². The van der Waals surface area contributed by atoms with Crippen LogP contribution < -0.4 is 5.32 Å². The van der Waals surface area contributed by atoms with Crippen LogP contribution >= 0.6 is 11.3 Å². The summed E-state index contributed by atoms with van der Waals surface area (Å²) in [5, 5.41) is 3.70. The molecule has 1 N–H and O–H groups in total. The second-order valence-corrected chi connectivity index (χ2v) is 8.73. The van der Waals surface area contributed by atoms with Crippen molar-refractivity contribution in [1.82, 2.24) is 4.90 Å². The van der Waals surface area contributed by atoms with Crippen LogP contribution in [0.15, 0.2) is 0 Å². The number of carbonyl (C=O) groups is 2. The van der Waals surface area contributed by atoms with E-state index in [0.717, 1.165) is 63.1 Å². The number of ether oxygens (including phenoxy) is 1. The van der Waals surface area contributed by atoms with Gasteiger partial charge in [0.15, 0.2) is 0 Å². The highest BCUT2D eigenvalue weighted by Gasteiger charge is 2.26. The van der Waals surface area contributed by atoms with E-state index in [1.807, 2.05) is 0 Å². The van der Waals surface area contributed by atoms with Gasteiger partial charge >= 0.3 is 5.97 Å². The topological polar surface area (TPSA) is 58.6 Å². The van der Waals surface area contributed by atoms with Crippen LogP contribution in [-0.2, 0) is 22.4 Å². The van der Waals surface area contributed by atoms with Gasteiger partial charge in [0, 0.05) is 4.88 Å². The summed E-state index contributed by atoms with van der Waals surface area (Å²) in [4.78, 5) is 28.4. The zero-order valence-electron chi connectivity index (χ0n) is 15.9. The van der Waals surface area contributed by atoms with Gasteiger partial charge < -0.3 is 10.1 Å². The van der Waals surface area contributed by atoms with Crippen molar-refractivity contribution in [2.24, 2.45) is 5.92 Å². The average Bonchev–Trinajstić information content (AvgIpc) is 2.92. The molecular formula is C20H30N2O3S. The number of hydrogen-bond donors (Lipinski definition) is 1. The second kappa shape index (κ2) is 9.00. The minimum atomic E-state index is -0.329. The predicted octanol–water partition coefficient (Wildman–Crippen LogP) is 3.86. The van der Waals surface area contributed by atoms with Crippen molar-refractivity contribution >= 4 is 28.2 Å². The standard InChI is InChI=1S/C20H30N2O3S/c1-14-9-11-22(12-10-14)13-17(23)21-19-18(20(24)25-2)15-7-5-3-4-6-8-16(15)26-19/h14H,3-13H2,1-2H3,(H,21,23). The van der Waals surface area contributed by atoms with Gasteiger partial charge in [-0.2, -0.15) is 0 Å². The molecule has 6 heteroatoms. The zero-order valence-corrected chi connectivity index (χ0v) is 16.8. The molecule has 1 aliphatic heterocycles. The first kappa shape index (κ1) is 19.4. The third-order valence-electron chi connectivity index (χ3n) is 5.56. The van der Waals surface area contributed by atoms with Gasteiger partial charge in [0.05, 0.1) is 19.2 Å². The van der Waals surface area contributed by atoms with Gasteiger partial charge in [-0.1, -0.05) is 19.8 Å². The fourth-order valence-corrected chi connectivity index (χ4v) is 5.21. The summed E-state index contributed by atoms with van der Waals surface area (Å²) in [6.45, 7) is 4.61. The number of esters is 1. The molecule has 0 radical (unpaired) electrons. The van der Waals surface area contributed by atoms with E-state index < -0.39 is 0 Å². The number of amides is 1. The Balaban J connectivity index is 1.74. The molecule has 1 fully saturated rings. The van der Waals surface area contributed by atoms with E-state index in [2.05, 4.69) is 17.1 Å². The number of nitrogens with zero attached hydrogens (tertiary/aromatic N) is 1. The molecule has 0 unspecified atom stereocenters. The summed E-state index contributed by atoms with van der Waals surface area (Å²) >= 11 is 1.57. The summed E-state index contributed by atoms with van der Waals surface area (Å²) in [6, 6.07) is 0. The lowest BCUT2D eigenvalue weighted by Gasteiger charge is -2.29. The summed E-state index contributed by atoms with van der Waals surface area (Å²) < 4.78 is 5.02. The predicted molar refractivity (Wildman–Crippen MR) is 105 cm³/mol. The monoisotopic (exact) mass is 378 g/mol. The number of anilines is 1. The number of fused-ring (bicyclic) bond motifs is 1. The van der Waals surface area contributed by atoms with Crippen molar-refractivity contribution < 1.29 is 14.3 Å². The summed E-state index contributed by atoms with van der Waals surface area (Å²) in [6.07, 6.45) is 8.85. The van der Waals surface area contributed by atoms with Crippen LogP contribution in [0.3, 0.4) is 0 Å². The van der Waals surface area contributed by atoms with Gasteiger partial charge in [-0.3, -0.25) is 9.69 Å². The summed E-state index contributed by atoms with van der Waals surface area (Å²) in [7, 11) is 1.41. The quantitative estimate of drug-likeness (QED) is 0.808. The molecule has 26 heavy (non-hydrogen) atoms. The Labute approximate surface area is 160 Å². The lowest BCUT2D eigenvalue weighted by atomic mass is 9.96. The van der Waals surface area contributed by atoms with Crippen LogP contribution in [0.4, 0.5) is 5.00 Å². The smallest absolute Gasteiger partial charge is 0.341 e. The minimum absolute atomic E-state index is 0.0288. The first-order valence-corrected chi connectivity index (χ1v) is 10.6. The molecule has 0 saturated carbocycles. The van der Waals surface area contributed by atoms with Crippen molar-refractivity contribution in [1.29, 1.82) is 0 Å². The molecule has 0 bridgehead atoms. The average molecular weight is 379 g/mol. The van der Waals surface area contributed by atoms with E-state index in [0.29, 0.717) is 17.1 Å². The van der Waals surface area contributed by atoms with E-state index in [-0.39, 0.29) is 11.9 Å². The third kappa shape index (κ3) is 4.65. The Morgan fingerprint density at radius 1 is 1.15 bits per heavy atom. The molecule has 0 aromatic carbocycles. The van der Waals surface area contributed by atoms with E-state index in [9.17, 15) is 9.59 Å². The number of thiophene rings is 1. The van der Waals surface area contributed by atoms with Crippen LogP contribution in [0, 0.1) is 5.92 Å². The van der Waals surface area contributed by atoms with Crippen LogP contribution in [0.1, 0.15) is 66.2 Å². The van der Waals surface area contributed by atoms with Crippen LogP contribution in [0.5, 0.6) is 0 Å². The van der Waals surface area contributed by atoms with Crippen molar-refractivity contribution in [2.75, 3.05) is 32.1 Å². The first-order valence-electron chi connectivity index (χ1n) is 9.83. The van der Waals surface area contributed by atoms with E-state index in [4.69, 9.17) is 4.74 Å². The Bertz CT molecular complexity index is 648. The first-order chi connectivity index (χ1) is 12.6. The van der Waals surface area contributed by atoms with Gasteiger partial charge in [-0.25, -0.2) is 4.79 Å². The molecule has 2 heterocycles. The maximum Gasteiger partial charge on any atom is 0.341 e. The van der Waals surface area contributed by atoms with E-state index in [1.54, 1.807) is 11.3 Å². The normalized spacial score (nSPS) is 19.3. The van der Waals surface area contributed by atoms with Crippen LogP contribution in [0.25, 0.3) is 0 Å². The largest absolute Gasteiger partial charge is 0.465 e. The van der Waals surface area contributed by atoms with Gasteiger partial charge in [-0.15, -0.1) is 11.3 Å². The molecular weight excluding hydrogens is 348 g/mol. The fourth-order valence-electron chi connectivity index (χ4n) is 3.91. The number of aryl methyl sites for hydroxylation is 1. The molecule has 2 aliphatic rings. The number of nitrogens with one attached hydrogen (secondary N) is 1. The molecule has 0 spiro atoms. The molecule has 1 aliphatic carbocycles. The Hall–Kier alpha value is -1.40. The fraction of sp³-hybridized carbons (Fsp3) is 0.700. The molecule has 3 rings (SSSR count). The molecule has 1 aromatic rings. The highest BCUT2D eigenvalue weighted by atomic mass is 32.1. The molecule has 1 saturated heterocycles. The van der Waals surface area contributed by atoms with Crippen molar-refractivity contribution in [3.63, 3.8) is 0 Å². The maximum atomic E-state index is 12.6. The number of rotatable bonds is 4. The Morgan fingerprint density at radius 3 is 2.54 bits per heavy atom. The number of piperidine rings is 1. The number of methoxy groups -OCH3 is 1. The van der Waals surface area contributed by atoms with Gasteiger partial charge in [0.2, 0.25) is 5.91 Å². The third-order valence-corrected chi connectivity index (χ3v) is 6.76. The molecule has 0 atom stereocenters. The van der Waals surface area contributed by atoms with Gasteiger partial charge in [0.25, 0.3) is 0 Å². The molecule has 1 aromatic heterocycles. The van der Waals surface area contributed by atoms with Crippen molar-refractivity contribution in [2.45, 2.75) is 58.3 Å². The van der Waals surface area contributed by atoms with E-state index >= 15 is 0 Å². The lowest BCUT2D eigenvalue weighted by Crippen LogP contribution is -2.38. The Kier molecular flexibility index (Phi) is 6.70. The van der Waals surface area contributed by atoms with Gasteiger partial charge in [-0.05, 0) is 63.1 Å². The highest BCUT2D eigenvalue weighted by Crippen LogP contribution is 2.37. The minimum Gasteiger partial charge on any atom is -0.465 e.